The van der Waals surface area contributed by atoms with E-state index in [1.807, 2.05) is 6.08 Å². The third-order valence-electron chi connectivity index (χ3n) is 2.09. The fourth-order valence-corrected chi connectivity index (χ4v) is 1.61. The molecule has 0 aromatic heterocycles. The molecule has 0 bridgehead atoms. The summed E-state index contributed by atoms with van der Waals surface area (Å²) in [5.74, 6) is 0. The lowest BCUT2D eigenvalue weighted by Crippen LogP contribution is -2.14. The van der Waals surface area contributed by atoms with Crippen LogP contribution in [-0.2, 0) is 0 Å². The molecular formula is C7H10FN. The standard InChI is InChI=1S/C7H10FN/c8-6-3-5-9-4-1-2-7(6)9/h2,6H,1,3-5H2. The van der Waals surface area contributed by atoms with Crippen molar-refractivity contribution in [1.82, 2.24) is 4.90 Å². The summed E-state index contributed by atoms with van der Waals surface area (Å²) >= 11 is 0. The number of hydrogen-bond donors (Lipinski definition) is 0. The average Bonchev–Trinajstić information content (AvgIpc) is 2.35. The predicted octanol–water partition coefficient (Wildman–Crippen LogP) is 1.32. The first-order valence-electron chi connectivity index (χ1n) is 3.47. The molecule has 2 heteroatoms. The number of allylic oxidation sites excluding steroid dienone is 1. The molecule has 2 rings (SSSR count). The van der Waals surface area contributed by atoms with Gasteiger partial charge in [0.1, 0.15) is 6.17 Å². The van der Waals surface area contributed by atoms with E-state index in [2.05, 4.69) is 4.90 Å². The summed E-state index contributed by atoms with van der Waals surface area (Å²) in [4.78, 5) is 2.14. The highest BCUT2D eigenvalue weighted by Gasteiger charge is 2.29. The Labute approximate surface area is 54.2 Å². The molecule has 0 saturated carbocycles. The quantitative estimate of drug-likeness (QED) is 0.474. The molecule has 1 atom stereocenters. The second kappa shape index (κ2) is 1.72. The first kappa shape index (κ1) is 5.27. The summed E-state index contributed by atoms with van der Waals surface area (Å²) in [5.41, 5.74) is 0.954. The Balaban J connectivity index is 2.22. The SMILES string of the molecule is FC1CCN2CCC=C12. The third-order valence-corrected chi connectivity index (χ3v) is 2.09. The van der Waals surface area contributed by atoms with E-state index >= 15 is 0 Å². The van der Waals surface area contributed by atoms with E-state index < -0.39 is 6.17 Å². The van der Waals surface area contributed by atoms with Gasteiger partial charge in [0.25, 0.3) is 0 Å². The first-order valence-corrected chi connectivity index (χ1v) is 3.47. The Morgan fingerprint density at radius 2 is 2.44 bits per heavy atom. The fraction of sp³-hybridized carbons (Fsp3) is 0.714. The van der Waals surface area contributed by atoms with Gasteiger partial charge in [0, 0.05) is 25.2 Å². The molecule has 0 aromatic carbocycles. The Kier molecular flexibility index (Phi) is 1.01. The van der Waals surface area contributed by atoms with Crippen LogP contribution in [0, 0.1) is 0 Å². The second-order valence-corrected chi connectivity index (χ2v) is 2.66. The zero-order chi connectivity index (χ0) is 6.27. The van der Waals surface area contributed by atoms with E-state index in [1.54, 1.807) is 0 Å². The summed E-state index contributed by atoms with van der Waals surface area (Å²) in [5, 5.41) is 0. The molecule has 0 N–H and O–H groups in total. The number of fused-ring (bicyclic) bond motifs is 1. The molecule has 2 heterocycles. The Morgan fingerprint density at radius 3 is 3.22 bits per heavy atom. The Morgan fingerprint density at radius 1 is 1.56 bits per heavy atom. The minimum absolute atomic E-state index is 0.646. The van der Waals surface area contributed by atoms with Crippen molar-refractivity contribution >= 4 is 0 Å². The number of rotatable bonds is 0. The second-order valence-electron chi connectivity index (χ2n) is 2.66. The van der Waals surface area contributed by atoms with Crippen LogP contribution in [0.5, 0.6) is 0 Å². The van der Waals surface area contributed by atoms with Crippen LogP contribution >= 0.6 is 0 Å². The van der Waals surface area contributed by atoms with Crippen LogP contribution in [-0.4, -0.2) is 24.2 Å². The van der Waals surface area contributed by atoms with Crippen molar-refractivity contribution in [3.63, 3.8) is 0 Å². The molecule has 0 radical (unpaired) electrons. The zero-order valence-corrected chi connectivity index (χ0v) is 5.31. The molecule has 0 aliphatic carbocycles. The van der Waals surface area contributed by atoms with Crippen molar-refractivity contribution in [1.29, 1.82) is 0 Å². The van der Waals surface area contributed by atoms with E-state index in [1.165, 1.54) is 0 Å². The largest absolute Gasteiger partial charge is 0.372 e. The van der Waals surface area contributed by atoms with E-state index in [4.69, 9.17) is 0 Å². The number of alkyl halides is 1. The molecule has 50 valence electrons. The van der Waals surface area contributed by atoms with Gasteiger partial charge in [-0.1, -0.05) is 6.08 Å². The number of halogens is 1. The van der Waals surface area contributed by atoms with Crippen LogP contribution < -0.4 is 0 Å². The average molecular weight is 127 g/mol. The van der Waals surface area contributed by atoms with Crippen LogP contribution in [0.3, 0.4) is 0 Å². The smallest absolute Gasteiger partial charge is 0.141 e. The zero-order valence-electron chi connectivity index (χ0n) is 5.31. The maximum absolute atomic E-state index is 12.8. The van der Waals surface area contributed by atoms with Crippen molar-refractivity contribution in [2.24, 2.45) is 0 Å². The van der Waals surface area contributed by atoms with Gasteiger partial charge in [0.05, 0.1) is 0 Å². The summed E-state index contributed by atoms with van der Waals surface area (Å²) in [6.45, 7) is 1.99. The van der Waals surface area contributed by atoms with Crippen molar-refractivity contribution in [2.45, 2.75) is 19.0 Å². The van der Waals surface area contributed by atoms with Gasteiger partial charge in [0.2, 0.25) is 0 Å². The monoisotopic (exact) mass is 127 g/mol. The fourth-order valence-electron chi connectivity index (χ4n) is 1.61. The molecule has 9 heavy (non-hydrogen) atoms. The predicted molar refractivity (Wildman–Crippen MR) is 33.8 cm³/mol. The molecule has 2 aliphatic rings. The summed E-state index contributed by atoms with van der Waals surface area (Å²) < 4.78 is 12.8. The molecule has 1 unspecified atom stereocenters. The maximum atomic E-state index is 12.8. The topological polar surface area (TPSA) is 3.24 Å². The molecule has 1 saturated heterocycles. The van der Waals surface area contributed by atoms with E-state index in [-0.39, 0.29) is 0 Å². The summed E-state index contributed by atoms with van der Waals surface area (Å²) in [6, 6.07) is 0. The molecule has 0 spiro atoms. The normalized spacial score (nSPS) is 32.8. The lowest BCUT2D eigenvalue weighted by Gasteiger charge is -2.11. The minimum atomic E-state index is -0.646. The van der Waals surface area contributed by atoms with E-state index in [0.29, 0.717) is 6.42 Å². The van der Waals surface area contributed by atoms with Crippen molar-refractivity contribution in [3.8, 4) is 0 Å². The Hall–Kier alpha value is -0.530. The number of nitrogens with zero attached hydrogens (tertiary/aromatic N) is 1. The van der Waals surface area contributed by atoms with Gasteiger partial charge in [0.15, 0.2) is 0 Å². The van der Waals surface area contributed by atoms with Gasteiger partial charge >= 0.3 is 0 Å². The van der Waals surface area contributed by atoms with Gasteiger partial charge in [-0.05, 0) is 6.42 Å². The highest BCUT2D eigenvalue weighted by Crippen LogP contribution is 2.28. The molecule has 2 aliphatic heterocycles. The Bertz CT molecular complexity index is 153. The molecule has 1 nitrogen and oxygen atoms in total. The lowest BCUT2D eigenvalue weighted by atomic mass is 10.2. The van der Waals surface area contributed by atoms with Crippen LogP contribution in [0.25, 0.3) is 0 Å². The lowest BCUT2D eigenvalue weighted by molar-refractivity contribution is 0.379. The summed E-state index contributed by atoms with van der Waals surface area (Å²) in [6.07, 6.45) is 3.15. The van der Waals surface area contributed by atoms with E-state index in [9.17, 15) is 4.39 Å². The first-order chi connectivity index (χ1) is 4.38. The highest BCUT2D eigenvalue weighted by atomic mass is 19.1. The number of hydrogen-bond acceptors (Lipinski definition) is 1. The minimum Gasteiger partial charge on any atom is -0.372 e. The molecular weight excluding hydrogens is 117 g/mol. The van der Waals surface area contributed by atoms with Crippen molar-refractivity contribution in [3.05, 3.63) is 11.8 Å². The van der Waals surface area contributed by atoms with Crippen molar-refractivity contribution < 1.29 is 4.39 Å². The molecule has 0 amide bonds. The highest BCUT2D eigenvalue weighted by molar-refractivity contribution is 5.16. The van der Waals surface area contributed by atoms with Gasteiger partial charge in [-0.25, -0.2) is 4.39 Å². The van der Waals surface area contributed by atoms with Crippen LogP contribution in [0.4, 0.5) is 4.39 Å². The van der Waals surface area contributed by atoms with Crippen LogP contribution in [0.2, 0.25) is 0 Å². The van der Waals surface area contributed by atoms with Gasteiger partial charge in [-0.2, -0.15) is 0 Å². The third kappa shape index (κ3) is 0.655. The molecule has 0 aromatic rings. The maximum Gasteiger partial charge on any atom is 0.141 e. The van der Waals surface area contributed by atoms with Gasteiger partial charge in [-0.15, -0.1) is 0 Å². The van der Waals surface area contributed by atoms with Gasteiger partial charge in [-0.3, -0.25) is 0 Å². The summed E-state index contributed by atoms with van der Waals surface area (Å²) in [7, 11) is 0. The van der Waals surface area contributed by atoms with Crippen molar-refractivity contribution in [2.75, 3.05) is 13.1 Å². The van der Waals surface area contributed by atoms with Crippen LogP contribution in [0.15, 0.2) is 11.8 Å². The van der Waals surface area contributed by atoms with E-state index in [0.717, 1.165) is 25.2 Å². The molecule has 1 fully saturated rings. The van der Waals surface area contributed by atoms with Crippen LogP contribution in [0.1, 0.15) is 12.8 Å². The van der Waals surface area contributed by atoms with Gasteiger partial charge < -0.3 is 4.90 Å².